The molecule has 0 bridgehead atoms. The van der Waals surface area contributed by atoms with Crippen molar-refractivity contribution >= 4 is 5.69 Å². The molecular formula is C17H16N2O2. The van der Waals surface area contributed by atoms with E-state index in [9.17, 15) is 5.26 Å². The summed E-state index contributed by atoms with van der Waals surface area (Å²) in [6.07, 6.45) is 0. The Balaban J connectivity index is 1.79. The second-order valence-electron chi connectivity index (χ2n) is 4.92. The number of hydrogen-bond donors (Lipinski definition) is 1. The van der Waals surface area contributed by atoms with Gasteiger partial charge in [-0.05, 0) is 18.2 Å². The second kappa shape index (κ2) is 5.76. The van der Waals surface area contributed by atoms with Gasteiger partial charge in [0.1, 0.15) is 17.6 Å². The van der Waals surface area contributed by atoms with Crippen molar-refractivity contribution in [2.75, 3.05) is 25.6 Å². The fraction of sp³-hybridized carbons (Fsp3) is 0.235. The predicted molar refractivity (Wildman–Crippen MR) is 80.9 cm³/mol. The fourth-order valence-electron chi connectivity index (χ4n) is 2.60. The van der Waals surface area contributed by atoms with Crippen molar-refractivity contribution in [3.63, 3.8) is 0 Å². The van der Waals surface area contributed by atoms with Crippen LogP contribution in [0.5, 0.6) is 11.5 Å². The molecule has 0 aromatic heterocycles. The van der Waals surface area contributed by atoms with Gasteiger partial charge < -0.3 is 14.8 Å². The molecule has 0 spiro atoms. The maximum absolute atomic E-state index is 9.22. The Morgan fingerprint density at radius 2 is 2.14 bits per heavy atom. The lowest BCUT2D eigenvalue weighted by molar-refractivity contribution is 0.334. The lowest BCUT2D eigenvalue weighted by Gasteiger charge is -2.15. The summed E-state index contributed by atoms with van der Waals surface area (Å²) < 4.78 is 11.0. The fourth-order valence-corrected chi connectivity index (χ4v) is 2.60. The van der Waals surface area contributed by atoms with Gasteiger partial charge in [-0.2, -0.15) is 5.26 Å². The number of fused-ring (bicyclic) bond motifs is 1. The second-order valence-corrected chi connectivity index (χ2v) is 4.92. The summed E-state index contributed by atoms with van der Waals surface area (Å²) in [5.74, 6) is 1.91. The van der Waals surface area contributed by atoms with Gasteiger partial charge in [-0.15, -0.1) is 0 Å². The SMILES string of the molecule is COc1cccc(C#N)c1NCC1COc2ccccc21. The molecule has 1 atom stereocenters. The molecule has 1 N–H and O–H groups in total. The van der Waals surface area contributed by atoms with Crippen molar-refractivity contribution in [3.8, 4) is 17.6 Å². The smallest absolute Gasteiger partial charge is 0.143 e. The van der Waals surface area contributed by atoms with E-state index in [-0.39, 0.29) is 5.92 Å². The highest BCUT2D eigenvalue weighted by Crippen LogP contribution is 2.35. The van der Waals surface area contributed by atoms with Crippen LogP contribution in [0.1, 0.15) is 17.0 Å². The third kappa shape index (κ3) is 2.50. The topological polar surface area (TPSA) is 54.3 Å². The molecule has 0 amide bonds. The molecule has 2 aromatic carbocycles. The van der Waals surface area contributed by atoms with Crippen LogP contribution in [0.15, 0.2) is 42.5 Å². The highest BCUT2D eigenvalue weighted by molar-refractivity contribution is 5.66. The van der Waals surface area contributed by atoms with Crippen LogP contribution < -0.4 is 14.8 Å². The van der Waals surface area contributed by atoms with E-state index in [1.165, 1.54) is 5.56 Å². The van der Waals surface area contributed by atoms with Gasteiger partial charge >= 0.3 is 0 Å². The molecule has 0 aliphatic carbocycles. The van der Waals surface area contributed by atoms with Crippen LogP contribution in [-0.2, 0) is 0 Å². The number of para-hydroxylation sites is 2. The van der Waals surface area contributed by atoms with Crippen molar-refractivity contribution in [2.45, 2.75) is 5.92 Å². The Kier molecular flexibility index (Phi) is 3.65. The molecule has 3 rings (SSSR count). The average molecular weight is 280 g/mol. The maximum atomic E-state index is 9.22. The first kappa shape index (κ1) is 13.3. The minimum Gasteiger partial charge on any atom is -0.495 e. The van der Waals surface area contributed by atoms with Crippen LogP contribution in [0.3, 0.4) is 0 Å². The summed E-state index contributed by atoms with van der Waals surface area (Å²) in [6, 6.07) is 15.7. The molecule has 0 radical (unpaired) electrons. The third-order valence-electron chi connectivity index (χ3n) is 3.69. The van der Waals surface area contributed by atoms with E-state index >= 15 is 0 Å². The van der Waals surface area contributed by atoms with Gasteiger partial charge in [-0.3, -0.25) is 0 Å². The van der Waals surface area contributed by atoms with E-state index in [1.807, 2.05) is 30.3 Å². The number of ether oxygens (including phenoxy) is 2. The summed E-state index contributed by atoms with van der Waals surface area (Å²) in [6.45, 7) is 1.36. The first-order valence-electron chi connectivity index (χ1n) is 6.86. The van der Waals surface area contributed by atoms with Crippen molar-refractivity contribution in [2.24, 2.45) is 0 Å². The molecule has 4 heteroatoms. The Morgan fingerprint density at radius 3 is 2.95 bits per heavy atom. The number of benzene rings is 2. The van der Waals surface area contributed by atoms with Crippen LogP contribution in [0, 0.1) is 11.3 Å². The minimum atomic E-state index is 0.276. The molecule has 1 aliphatic rings. The molecule has 0 fully saturated rings. The van der Waals surface area contributed by atoms with Gasteiger partial charge in [0.25, 0.3) is 0 Å². The standard InChI is InChI=1S/C17H16N2O2/c1-20-16-8-4-5-12(9-18)17(16)19-10-13-11-21-15-7-3-2-6-14(13)15/h2-8,13,19H,10-11H2,1H3. The van der Waals surface area contributed by atoms with Crippen molar-refractivity contribution in [1.82, 2.24) is 0 Å². The zero-order valence-corrected chi connectivity index (χ0v) is 11.8. The van der Waals surface area contributed by atoms with Crippen LogP contribution in [-0.4, -0.2) is 20.3 Å². The van der Waals surface area contributed by atoms with E-state index in [1.54, 1.807) is 13.2 Å². The molecule has 1 unspecified atom stereocenters. The normalized spacial score (nSPS) is 15.7. The highest BCUT2D eigenvalue weighted by Gasteiger charge is 2.23. The van der Waals surface area contributed by atoms with E-state index < -0.39 is 0 Å². The van der Waals surface area contributed by atoms with Crippen molar-refractivity contribution in [1.29, 1.82) is 5.26 Å². The number of hydrogen-bond acceptors (Lipinski definition) is 4. The van der Waals surface area contributed by atoms with Crippen molar-refractivity contribution in [3.05, 3.63) is 53.6 Å². The zero-order chi connectivity index (χ0) is 14.7. The number of methoxy groups -OCH3 is 1. The summed E-state index contributed by atoms with van der Waals surface area (Å²) in [4.78, 5) is 0. The molecular weight excluding hydrogens is 264 g/mol. The van der Waals surface area contributed by atoms with Crippen LogP contribution in [0.2, 0.25) is 0 Å². The van der Waals surface area contributed by atoms with Crippen LogP contribution >= 0.6 is 0 Å². The number of anilines is 1. The van der Waals surface area contributed by atoms with Crippen LogP contribution in [0.4, 0.5) is 5.69 Å². The van der Waals surface area contributed by atoms with Gasteiger partial charge in [-0.1, -0.05) is 24.3 Å². The quantitative estimate of drug-likeness (QED) is 0.934. The maximum Gasteiger partial charge on any atom is 0.143 e. The molecule has 2 aromatic rings. The number of nitrogens with zero attached hydrogens (tertiary/aromatic N) is 1. The highest BCUT2D eigenvalue weighted by atomic mass is 16.5. The van der Waals surface area contributed by atoms with Gasteiger partial charge in [0.15, 0.2) is 0 Å². The molecule has 0 saturated carbocycles. The largest absolute Gasteiger partial charge is 0.495 e. The molecule has 1 aliphatic heterocycles. The molecule has 106 valence electrons. The van der Waals surface area contributed by atoms with Crippen LogP contribution in [0.25, 0.3) is 0 Å². The molecule has 0 saturated heterocycles. The van der Waals surface area contributed by atoms with Gasteiger partial charge in [0, 0.05) is 18.0 Å². The van der Waals surface area contributed by atoms with Gasteiger partial charge in [0.05, 0.1) is 25.0 Å². The number of rotatable bonds is 4. The summed E-state index contributed by atoms with van der Waals surface area (Å²) in [5.41, 5.74) is 2.53. The molecule has 21 heavy (non-hydrogen) atoms. The number of nitriles is 1. The Morgan fingerprint density at radius 1 is 1.29 bits per heavy atom. The van der Waals surface area contributed by atoms with E-state index in [4.69, 9.17) is 9.47 Å². The van der Waals surface area contributed by atoms with Crippen molar-refractivity contribution < 1.29 is 9.47 Å². The van der Waals surface area contributed by atoms with Gasteiger partial charge in [-0.25, -0.2) is 0 Å². The average Bonchev–Trinajstić information content (AvgIpc) is 2.95. The monoisotopic (exact) mass is 280 g/mol. The molecule has 4 nitrogen and oxygen atoms in total. The first-order chi connectivity index (χ1) is 10.3. The lowest BCUT2D eigenvalue weighted by Crippen LogP contribution is -2.15. The van der Waals surface area contributed by atoms with Gasteiger partial charge in [0.2, 0.25) is 0 Å². The third-order valence-corrected chi connectivity index (χ3v) is 3.69. The van der Waals surface area contributed by atoms with E-state index in [2.05, 4.69) is 17.5 Å². The van der Waals surface area contributed by atoms with E-state index in [0.29, 0.717) is 24.5 Å². The lowest BCUT2D eigenvalue weighted by atomic mass is 10.0. The zero-order valence-electron chi connectivity index (χ0n) is 11.8. The van der Waals surface area contributed by atoms with E-state index in [0.717, 1.165) is 11.4 Å². The predicted octanol–water partition coefficient (Wildman–Crippen LogP) is 3.15. The number of nitrogens with one attached hydrogen (secondary N) is 1. The minimum absolute atomic E-state index is 0.276. The first-order valence-corrected chi connectivity index (χ1v) is 6.86. The summed E-state index contributed by atoms with van der Waals surface area (Å²) in [5, 5.41) is 12.6. The molecule has 1 heterocycles. The Hall–Kier alpha value is -2.67. The Labute approximate surface area is 123 Å². The summed E-state index contributed by atoms with van der Waals surface area (Å²) >= 11 is 0. The summed E-state index contributed by atoms with van der Waals surface area (Å²) in [7, 11) is 1.61. The Bertz CT molecular complexity index is 691.